The number of nitrogens with zero attached hydrogens (tertiary/aromatic N) is 1. The van der Waals surface area contributed by atoms with Crippen LogP contribution < -0.4 is 11.3 Å². The van der Waals surface area contributed by atoms with Gasteiger partial charge in [-0.3, -0.25) is 9.36 Å². The standard InChI is InChI=1S/C14H14N2O3/c1-9(14(18)19)16-12(8-7-11(15)13(16)17)10-5-3-2-4-6-10/h2-9H,15H2,1H3,(H,18,19). The Labute approximate surface area is 109 Å². The van der Waals surface area contributed by atoms with E-state index in [4.69, 9.17) is 10.8 Å². The van der Waals surface area contributed by atoms with Crippen molar-refractivity contribution in [2.45, 2.75) is 13.0 Å². The molecule has 0 bridgehead atoms. The fraction of sp³-hybridized carbons (Fsp3) is 0.143. The summed E-state index contributed by atoms with van der Waals surface area (Å²) in [4.78, 5) is 23.2. The molecule has 1 atom stereocenters. The van der Waals surface area contributed by atoms with E-state index < -0.39 is 17.6 Å². The van der Waals surface area contributed by atoms with Crippen LogP contribution in [0, 0.1) is 0 Å². The summed E-state index contributed by atoms with van der Waals surface area (Å²) in [5.41, 5.74) is 6.43. The van der Waals surface area contributed by atoms with Crippen molar-refractivity contribution < 1.29 is 9.90 Å². The Morgan fingerprint density at radius 2 is 1.84 bits per heavy atom. The van der Waals surface area contributed by atoms with Gasteiger partial charge >= 0.3 is 5.97 Å². The Kier molecular flexibility index (Phi) is 3.37. The molecule has 0 saturated heterocycles. The summed E-state index contributed by atoms with van der Waals surface area (Å²) in [6.45, 7) is 1.45. The molecule has 3 N–H and O–H groups in total. The molecule has 5 nitrogen and oxygen atoms in total. The summed E-state index contributed by atoms with van der Waals surface area (Å²) in [7, 11) is 0. The second-order valence-corrected chi connectivity index (χ2v) is 4.23. The van der Waals surface area contributed by atoms with Crippen LogP contribution in [0.15, 0.2) is 47.3 Å². The molecule has 0 amide bonds. The number of carboxylic acid groups (broad SMARTS) is 1. The molecular weight excluding hydrogens is 244 g/mol. The minimum absolute atomic E-state index is 0.0350. The number of benzene rings is 1. The summed E-state index contributed by atoms with van der Waals surface area (Å²) in [6, 6.07) is 11.3. The van der Waals surface area contributed by atoms with Gasteiger partial charge in [-0.05, 0) is 24.6 Å². The zero-order valence-electron chi connectivity index (χ0n) is 10.4. The average molecular weight is 258 g/mol. The molecule has 1 unspecified atom stereocenters. The molecule has 2 rings (SSSR count). The van der Waals surface area contributed by atoms with E-state index in [1.165, 1.54) is 17.6 Å². The minimum atomic E-state index is -1.08. The smallest absolute Gasteiger partial charge is 0.326 e. The van der Waals surface area contributed by atoms with Crippen molar-refractivity contribution in [1.29, 1.82) is 0 Å². The number of carbonyl (C=O) groups is 1. The number of carboxylic acids is 1. The molecule has 0 saturated carbocycles. The second kappa shape index (κ2) is 4.97. The van der Waals surface area contributed by atoms with Crippen molar-refractivity contribution >= 4 is 11.7 Å². The zero-order valence-corrected chi connectivity index (χ0v) is 10.4. The largest absolute Gasteiger partial charge is 0.480 e. The number of pyridine rings is 1. The van der Waals surface area contributed by atoms with Gasteiger partial charge < -0.3 is 10.8 Å². The Bertz CT molecular complexity index is 662. The highest BCUT2D eigenvalue weighted by Crippen LogP contribution is 2.21. The molecule has 0 aliphatic heterocycles. The van der Waals surface area contributed by atoms with Crippen LogP contribution in [-0.4, -0.2) is 15.6 Å². The van der Waals surface area contributed by atoms with Crippen LogP contribution in [0.5, 0.6) is 0 Å². The molecular formula is C14H14N2O3. The number of aliphatic carboxylic acids is 1. The average Bonchev–Trinajstić information content (AvgIpc) is 2.41. The number of nitrogen functional groups attached to an aromatic ring is 1. The number of hydrogen-bond acceptors (Lipinski definition) is 3. The summed E-state index contributed by atoms with van der Waals surface area (Å²) >= 11 is 0. The van der Waals surface area contributed by atoms with Crippen LogP contribution >= 0.6 is 0 Å². The predicted octanol–water partition coefficient (Wildman–Crippen LogP) is 1.74. The lowest BCUT2D eigenvalue weighted by molar-refractivity contribution is -0.140. The van der Waals surface area contributed by atoms with E-state index in [2.05, 4.69) is 0 Å². The van der Waals surface area contributed by atoms with Crippen molar-refractivity contribution in [3.05, 3.63) is 52.8 Å². The maximum absolute atomic E-state index is 12.1. The topological polar surface area (TPSA) is 85.3 Å². The second-order valence-electron chi connectivity index (χ2n) is 4.23. The Morgan fingerprint density at radius 1 is 1.21 bits per heavy atom. The van der Waals surface area contributed by atoms with Gasteiger partial charge in [0.15, 0.2) is 0 Å². The van der Waals surface area contributed by atoms with Gasteiger partial charge in [0.1, 0.15) is 6.04 Å². The number of rotatable bonds is 3. The normalized spacial score (nSPS) is 12.1. The van der Waals surface area contributed by atoms with Gasteiger partial charge in [-0.15, -0.1) is 0 Å². The molecule has 2 aromatic rings. The molecule has 5 heteroatoms. The number of anilines is 1. The Morgan fingerprint density at radius 3 is 2.42 bits per heavy atom. The number of nitrogens with two attached hydrogens (primary N) is 1. The van der Waals surface area contributed by atoms with E-state index in [-0.39, 0.29) is 5.69 Å². The van der Waals surface area contributed by atoms with E-state index in [0.29, 0.717) is 5.69 Å². The van der Waals surface area contributed by atoms with E-state index in [1.54, 1.807) is 6.07 Å². The summed E-state index contributed by atoms with van der Waals surface area (Å²) < 4.78 is 1.20. The predicted molar refractivity (Wildman–Crippen MR) is 72.9 cm³/mol. The van der Waals surface area contributed by atoms with E-state index in [9.17, 15) is 9.59 Å². The van der Waals surface area contributed by atoms with Crippen LogP contribution in [0.1, 0.15) is 13.0 Å². The summed E-state index contributed by atoms with van der Waals surface area (Å²) in [5, 5.41) is 9.12. The molecule has 0 fully saturated rings. The molecule has 19 heavy (non-hydrogen) atoms. The highest BCUT2D eigenvalue weighted by molar-refractivity contribution is 5.73. The van der Waals surface area contributed by atoms with Crippen LogP contribution in [-0.2, 0) is 4.79 Å². The van der Waals surface area contributed by atoms with Crippen LogP contribution in [0.25, 0.3) is 11.3 Å². The SMILES string of the molecule is CC(C(=O)O)n1c(-c2ccccc2)ccc(N)c1=O. The van der Waals surface area contributed by atoms with Gasteiger partial charge in [0.25, 0.3) is 5.56 Å². The van der Waals surface area contributed by atoms with Gasteiger partial charge in [-0.25, -0.2) is 4.79 Å². The molecule has 0 aliphatic carbocycles. The molecule has 0 aliphatic rings. The van der Waals surface area contributed by atoms with Crippen molar-refractivity contribution in [3.63, 3.8) is 0 Å². The van der Waals surface area contributed by atoms with Crippen molar-refractivity contribution in [3.8, 4) is 11.3 Å². The fourth-order valence-corrected chi connectivity index (χ4v) is 1.91. The first-order chi connectivity index (χ1) is 9.02. The third kappa shape index (κ3) is 2.35. The van der Waals surface area contributed by atoms with Gasteiger partial charge in [-0.1, -0.05) is 30.3 Å². The molecule has 0 spiro atoms. The minimum Gasteiger partial charge on any atom is -0.480 e. The van der Waals surface area contributed by atoms with E-state index in [0.717, 1.165) is 5.56 Å². The third-order valence-electron chi connectivity index (χ3n) is 2.96. The first kappa shape index (κ1) is 12.9. The van der Waals surface area contributed by atoms with E-state index >= 15 is 0 Å². The van der Waals surface area contributed by atoms with Crippen molar-refractivity contribution in [2.75, 3.05) is 5.73 Å². The third-order valence-corrected chi connectivity index (χ3v) is 2.96. The van der Waals surface area contributed by atoms with Gasteiger partial charge in [0.2, 0.25) is 0 Å². The van der Waals surface area contributed by atoms with Crippen molar-refractivity contribution in [1.82, 2.24) is 4.57 Å². The lowest BCUT2D eigenvalue weighted by Gasteiger charge is -2.17. The Hall–Kier alpha value is -2.56. The van der Waals surface area contributed by atoms with Gasteiger partial charge in [0, 0.05) is 0 Å². The maximum atomic E-state index is 12.1. The van der Waals surface area contributed by atoms with Crippen LogP contribution in [0.3, 0.4) is 0 Å². The maximum Gasteiger partial charge on any atom is 0.326 e. The first-order valence-electron chi connectivity index (χ1n) is 5.81. The molecule has 98 valence electrons. The van der Waals surface area contributed by atoms with Crippen LogP contribution in [0.4, 0.5) is 5.69 Å². The van der Waals surface area contributed by atoms with E-state index in [1.807, 2.05) is 30.3 Å². The zero-order chi connectivity index (χ0) is 14.0. The summed E-state index contributed by atoms with van der Waals surface area (Å²) in [6.07, 6.45) is 0. The summed E-state index contributed by atoms with van der Waals surface area (Å²) in [5.74, 6) is -1.08. The van der Waals surface area contributed by atoms with Crippen LogP contribution in [0.2, 0.25) is 0 Å². The van der Waals surface area contributed by atoms with Crippen molar-refractivity contribution in [2.24, 2.45) is 0 Å². The quantitative estimate of drug-likeness (QED) is 0.878. The first-order valence-corrected chi connectivity index (χ1v) is 5.81. The Balaban J connectivity index is 2.72. The molecule has 1 heterocycles. The lowest BCUT2D eigenvalue weighted by Crippen LogP contribution is -2.30. The number of aromatic nitrogens is 1. The molecule has 1 aromatic carbocycles. The van der Waals surface area contributed by atoms with Gasteiger partial charge in [0.05, 0.1) is 11.4 Å². The fourth-order valence-electron chi connectivity index (χ4n) is 1.91. The molecule has 1 aromatic heterocycles. The molecule has 0 radical (unpaired) electrons. The highest BCUT2D eigenvalue weighted by Gasteiger charge is 2.19. The highest BCUT2D eigenvalue weighted by atomic mass is 16.4. The number of hydrogen-bond donors (Lipinski definition) is 2. The lowest BCUT2D eigenvalue weighted by atomic mass is 10.1. The monoisotopic (exact) mass is 258 g/mol. The van der Waals surface area contributed by atoms with Gasteiger partial charge in [-0.2, -0.15) is 0 Å².